The van der Waals surface area contributed by atoms with Crippen LogP contribution in [0, 0.1) is 23.2 Å². The maximum Gasteiger partial charge on any atom is 0.328 e. The molecule has 0 aromatic carbocycles. The average Bonchev–Trinajstić information content (AvgIpc) is 3.22. The second kappa shape index (κ2) is 10.9. The fourth-order valence-corrected chi connectivity index (χ4v) is 5.62. The molecule has 3 atom stereocenters. The summed E-state index contributed by atoms with van der Waals surface area (Å²) in [5, 5.41) is 12.4. The Bertz CT molecular complexity index is 1300. The van der Waals surface area contributed by atoms with Crippen molar-refractivity contribution in [2.45, 2.75) is 58.1 Å². The molecule has 2 aromatic heterocycles. The van der Waals surface area contributed by atoms with Crippen molar-refractivity contribution in [1.82, 2.24) is 14.9 Å². The molecule has 2 fully saturated rings. The van der Waals surface area contributed by atoms with E-state index >= 15 is 0 Å². The van der Waals surface area contributed by atoms with Crippen LogP contribution in [0.25, 0.3) is 0 Å². The fourth-order valence-electron chi connectivity index (χ4n) is 5.62. The number of nitrogens with zero attached hydrogens (tertiary/aromatic N) is 5. The number of ether oxygens (including phenoxy) is 1. The molecule has 0 spiro atoms. The van der Waals surface area contributed by atoms with Crippen molar-refractivity contribution in [1.29, 1.82) is 5.26 Å². The minimum absolute atomic E-state index is 0.00840. The molecule has 2 aromatic rings. The number of fused-ring (bicyclic) bond motifs is 1. The third-order valence-electron chi connectivity index (χ3n) is 8.04. The zero-order chi connectivity index (χ0) is 26.8. The Morgan fingerprint density at radius 2 is 2.11 bits per heavy atom. The summed E-state index contributed by atoms with van der Waals surface area (Å²) in [6.45, 7) is 3.37. The molecule has 1 aliphatic carbocycles. The molecule has 4 heterocycles. The van der Waals surface area contributed by atoms with Gasteiger partial charge in [-0.05, 0) is 67.7 Å². The number of urea groups is 1. The van der Waals surface area contributed by atoms with E-state index in [4.69, 9.17) is 4.74 Å². The first-order valence-electron chi connectivity index (χ1n) is 13.2. The number of aldehydes is 1. The molecule has 3 amide bonds. The smallest absolute Gasteiger partial charge is 0.328 e. The van der Waals surface area contributed by atoms with E-state index in [0.717, 1.165) is 43.2 Å². The number of carbonyl (C=O) groups excluding carboxylic acids is 3. The van der Waals surface area contributed by atoms with Crippen LogP contribution < -0.4 is 10.2 Å². The van der Waals surface area contributed by atoms with Crippen LogP contribution in [0.2, 0.25) is 0 Å². The zero-order valence-electron chi connectivity index (χ0n) is 21.8. The van der Waals surface area contributed by atoms with E-state index in [1.807, 2.05) is 13.0 Å². The van der Waals surface area contributed by atoms with E-state index in [1.54, 1.807) is 18.1 Å². The lowest BCUT2D eigenvalue weighted by atomic mass is 9.77. The molecule has 10 nitrogen and oxygen atoms in total. The third kappa shape index (κ3) is 4.98. The SMILES string of the molecule is CO[C@@H]1CC[C@@H]1Cc1cc(NC(=O)N2CCCc3cc(CN4CCC(C)C4=O)c(C=O)nc32)ncc1C#N. The van der Waals surface area contributed by atoms with Crippen molar-refractivity contribution in [2.75, 3.05) is 30.4 Å². The molecule has 1 N–H and O–H groups in total. The van der Waals surface area contributed by atoms with Crippen LogP contribution in [-0.2, 0) is 28.9 Å². The molecular weight excluding hydrogens is 484 g/mol. The zero-order valence-corrected chi connectivity index (χ0v) is 21.8. The summed E-state index contributed by atoms with van der Waals surface area (Å²) < 4.78 is 5.50. The largest absolute Gasteiger partial charge is 0.381 e. The third-order valence-corrected chi connectivity index (χ3v) is 8.04. The summed E-state index contributed by atoms with van der Waals surface area (Å²) in [7, 11) is 1.70. The quantitative estimate of drug-likeness (QED) is 0.558. The molecule has 0 radical (unpaired) electrons. The van der Waals surface area contributed by atoms with Crippen LogP contribution in [0.4, 0.5) is 16.4 Å². The van der Waals surface area contributed by atoms with Crippen LogP contribution in [0.1, 0.15) is 65.3 Å². The lowest BCUT2D eigenvalue weighted by molar-refractivity contribution is -0.131. The number of hydrogen-bond acceptors (Lipinski definition) is 7. The van der Waals surface area contributed by atoms with Crippen molar-refractivity contribution >= 4 is 29.9 Å². The van der Waals surface area contributed by atoms with E-state index in [0.29, 0.717) is 61.0 Å². The van der Waals surface area contributed by atoms with Gasteiger partial charge in [0.25, 0.3) is 0 Å². The molecule has 198 valence electrons. The number of nitriles is 1. The maximum atomic E-state index is 13.3. The number of amides is 3. The second-order valence-electron chi connectivity index (χ2n) is 10.4. The first-order chi connectivity index (χ1) is 18.4. The first kappa shape index (κ1) is 25.8. The maximum absolute atomic E-state index is 13.3. The van der Waals surface area contributed by atoms with E-state index < -0.39 is 6.03 Å². The first-order valence-corrected chi connectivity index (χ1v) is 13.2. The van der Waals surface area contributed by atoms with Crippen LogP contribution >= 0.6 is 0 Å². The van der Waals surface area contributed by atoms with Crippen molar-refractivity contribution in [3.63, 3.8) is 0 Å². The summed E-state index contributed by atoms with van der Waals surface area (Å²) in [4.78, 5) is 49.8. The number of anilines is 2. The standard InChI is InChI=1S/C28H32N6O4/c1-17-7-9-33(27(17)36)15-21-11-19-4-3-8-34(26(19)31-23(21)16-35)28(37)32-25-12-20(22(13-29)14-30-25)10-18-5-6-24(18)38-2/h11-12,14,16-18,24H,3-10,15H2,1-2H3,(H,30,32,37)/t17?,18-,24-/m1/s1. The number of aryl methyl sites for hydroxylation is 1. The second-order valence-corrected chi connectivity index (χ2v) is 10.4. The number of methoxy groups -OCH3 is 1. The van der Waals surface area contributed by atoms with Gasteiger partial charge in [0.15, 0.2) is 6.29 Å². The fraction of sp³-hybridized carbons (Fsp3) is 0.500. The van der Waals surface area contributed by atoms with Gasteiger partial charge in [-0.3, -0.25) is 19.8 Å². The number of carbonyl (C=O) groups is 3. The molecule has 3 aliphatic rings. The molecule has 10 heteroatoms. The van der Waals surface area contributed by atoms with Crippen molar-refractivity contribution in [3.8, 4) is 6.07 Å². The highest BCUT2D eigenvalue weighted by atomic mass is 16.5. The summed E-state index contributed by atoms with van der Waals surface area (Å²) in [6, 6.07) is 5.46. The summed E-state index contributed by atoms with van der Waals surface area (Å²) >= 11 is 0. The molecule has 5 rings (SSSR count). The molecule has 0 bridgehead atoms. The Morgan fingerprint density at radius 3 is 2.76 bits per heavy atom. The highest BCUT2D eigenvalue weighted by Gasteiger charge is 2.32. The highest BCUT2D eigenvalue weighted by molar-refractivity contribution is 6.01. The van der Waals surface area contributed by atoms with Crippen LogP contribution in [0.3, 0.4) is 0 Å². The van der Waals surface area contributed by atoms with Gasteiger partial charge in [-0.15, -0.1) is 0 Å². The minimum Gasteiger partial charge on any atom is -0.381 e. The van der Waals surface area contributed by atoms with Crippen molar-refractivity contribution in [2.24, 2.45) is 11.8 Å². The van der Waals surface area contributed by atoms with Gasteiger partial charge in [0, 0.05) is 44.4 Å². The Hall–Kier alpha value is -3.84. The van der Waals surface area contributed by atoms with E-state index in [-0.39, 0.29) is 23.6 Å². The molecule has 1 saturated heterocycles. The topological polar surface area (TPSA) is 129 Å². The summed E-state index contributed by atoms with van der Waals surface area (Å²) in [6.07, 6.45) is 7.37. The summed E-state index contributed by atoms with van der Waals surface area (Å²) in [5.74, 6) is 1.23. The molecule has 38 heavy (non-hydrogen) atoms. The highest BCUT2D eigenvalue weighted by Crippen LogP contribution is 2.34. The van der Waals surface area contributed by atoms with E-state index in [9.17, 15) is 19.6 Å². The van der Waals surface area contributed by atoms with Gasteiger partial charge in [-0.25, -0.2) is 14.8 Å². The molecular formula is C28H32N6O4. The lowest BCUT2D eigenvalue weighted by Gasteiger charge is -2.35. The van der Waals surface area contributed by atoms with E-state index in [1.165, 1.54) is 11.1 Å². The average molecular weight is 517 g/mol. The number of pyridine rings is 2. The predicted octanol–water partition coefficient (Wildman–Crippen LogP) is 3.48. The van der Waals surface area contributed by atoms with Gasteiger partial charge in [0.2, 0.25) is 5.91 Å². The molecule has 1 unspecified atom stereocenters. The number of aromatic nitrogens is 2. The number of likely N-dealkylation sites (tertiary alicyclic amines) is 1. The molecule has 1 saturated carbocycles. The van der Waals surface area contributed by atoms with Crippen LogP contribution in [0.5, 0.6) is 0 Å². The van der Waals surface area contributed by atoms with Crippen molar-refractivity contribution in [3.05, 3.63) is 46.3 Å². The Kier molecular flexibility index (Phi) is 7.38. The number of rotatable bonds is 7. The Labute approximate surface area is 222 Å². The van der Waals surface area contributed by atoms with E-state index in [2.05, 4.69) is 21.4 Å². The minimum atomic E-state index is -0.395. The van der Waals surface area contributed by atoms with Gasteiger partial charge < -0.3 is 9.64 Å². The monoisotopic (exact) mass is 516 g/mol. The Morgan fingerprint density at radius 1 is 1.26 bits per heavy atom. The lowest BCUT2D eigenvalue weighted by Crippen LogP contribution is -2.40. The number of nitrogens with one attached hydrogen (secondary N) is 1. The van der Waals surface area contributed by atoms with Gasteiger partial charge in [-0.2, -0.15) is 5.26 Å². The van der Waals surface area contributed by atoms with Gasteiger partial charge in [-0.1, -0.05) is 6.92 Å². The van der Waals surface area contributed by atoms with Crippen molar-refractivity contribution < 1.29 is 19.1 Å². The summed E-state index contributed by atoms with van der Waals surface area (Å²) in [5.41, 5.74) is 3.13. The van der Waals surface area contributed by atoms with Gasteiger partial charge in [0.1, 0.15) is 23.4 Å². The van der Waals surface area contributed by atoms with Gasteiger partial charge in [0.05, 0.1) is 11.7 Å². The van der Waals surface area contributed by atoms with Crippen LogP contribution in [0.15, 0.2) is 18.3 Å². The predicted molar refractivity (Wildman–Crippen MR) is 140 cm³/mol. The number of hydrogen-bond donors (Lipinski definition) is 1. The van der Waals surface area contributed by atoms with Gasteiger partial charge >= 0.3 is 6.03 Å². The Balaban J connectivity index is 1.35. The normalized spacial score (nSPS) is 22.4. The van der Waals surface area contributed by atoms with Crippen LogP contribution in [-0.4, -0.2) is 59.4 Å². The molecule has 2 aliphatic heterocycles.